The third-order valence-electron chi connectivity index (χ3n) is 5.28. The largest absolute Gasteiger partial charge is 0.369 e. The number of hydrogen-bond acceptors (Lipinski definition) is 4. The highest BCUT2D eigenvalue weighted by Gasteiger charge is 2.31. The van der Waals surface area contributed by atoms with Crippen LogP contribution < -0.4 is 11.5 Å². The minimum atomic E-state index is -3.74. The summed E-state index contributed by atoms with van der Waals surface area (Å²) < 4.78 is 28.1. The average Bonchev–Trinajstić information content (AvgIpc) is 3.18. The Bertz CT molecular complexity index is 1220. The summed E-state index contributed by atoms with van der Waals surface area (Å²) >= 11 is 0. The zero-order valence-electron chi connectivity index (χ0n) is 16.6. The van der Waals surface area contributed by atoms with E-state index in [4.69, 9.17) is 11.5 Å². The Morgan fingerprint density at radius 1 is 1.00 bits per heavy atom. The van der Waals surface area contributed by atoms with Gasteiger partial charge in [-0.15, -0.1) is 5.10 Å². The van der Waals surface area contributed by atoms with Gasteiger partial charge in [-0.3, -0.25) is 0 Å². The second kappa shape index (κ2) is 7.79. The van der Waals surface area contributed by atoms with E-state index in [1.165, 1.54) is 3.97 Å². The lowest BCUT2D eigenvalue weighted by atomic mass is 9.82. The maximum atomic E-state index is 13.3. The number of aryl methyl sites for hydroxylation is 1. The molecular formula is C22H23N5O2S. The molecule has 154 valence electrons. The number of nitrogens with zero attached hydrogens (tertiary/aromatic N) is 3. The van der Waals surface area contributed by atoms with E-state index in [0.717, 1.165) is 16.7 Å². The molecular weight excluding hydrogens is 398 g/mol. The summed E-state index contributed by atoms with van der Waals surface area (Å²) in [4.78, 5) is 0.246. The van der Waals surface area contributed by atoms with E-state index >= 15 is 0 Å². The first-order valence-electron chi connectivity index (χ1n) is 9.59. The number of aromatic nitrogens is 1. The lowest BCUT2D eigenvalue weighted by Gasteiger charge is -2.25. The SMILES string of the molecule is Cc1ccc(S(=O)(=O)n2ccc3c2CC(c2ccccc2)C/C3=N\N=C(N)N)cc1. The minimum absolute atomic E-state index is 0.0634. The van der Waals surface area contributed by atoms with Gasteiger partial charge in [0.05, 0.1) is 10.6 Å². The summed E-state index contributed by atoms with van der Waals surface area (Å²) in [6, 6.07) is 18.6. The maximum absolute atomic E-state index is 13.3. The molecule has 3 aromatic rings. The van der Waals surface area contributed by atoms with Gasteiger partial charge in [-0.1, -0.05) is 48.0 Å². The number of nitrogens with two attached hydrogens (primary N) is 2. The third-order valence-corrected chi connectivity index (χ3v) is 7.01. The standard InChI is InChI=1S/C22H23N5O2S/c1-15-7-9-18(10-8-15)30(28,29)27-12-11-19-20(25-26-22(23)24)13-17(14-21(19)27)16-5-3-2-4-6-16/h2-12,17H,13-14H2,1H3,(H4,23,24,26)/b25-20+. The molecule has 0 aliphatic heterocycles. The molecule has 0 bridgehead atoms. The molecule has 7 nitrogen and oxygen atoms in total. The summed E-state index contributed by atoms with van der Waals surface area (Å²) in [6.07, 6.45) is 2.76. The summed E-state index contributed by atoms with van der Waals surface area (Å²) in [7, 11) is -3.74. The van der Waals surface area contributed by atoms with Crippen LogP contribution in [-0.4, -0.2) is 24.1 Å². The van der Waals surface area contributed by atoms with Crippen LogP contribution in [0.4, 0.5) is 0 Å². The zero-order chi connectivity index (χ0) is 21.3. The van der Waals surface area contributed by atoms with Crippen LogP contribution >= 0.6 is 0 Å². The van der Waals surface area contributed by atoms with Gasteiger partial charge in [0.25, 0.3) is 10.0 Å². The number of hydrogen-bond donors (Lipinski definition) is 2. The Morgan fingerprint density at radius 2 is 1.70 bits per heavy atom. The van der Waals surface area contributed by atoms with Crippen molar-refractivity contribution in [2.75, 3.05) is 0 Å². The second-order valence-corrected chi connectivity index (χ2v) is 9.19. The van der Waals surface area contributed by atoms with E-state index < -0.39 is 10.0 Å². The average molecular weight is 422 g/mol. The molecule has 30 heavy (non-hydrogen) atoms. The van der Waals surface area contributed by atoms with E-state index in [1.807, 2.05) is 37.3 Å². The van der Waals surface area contributed by atoms with Crippen LogP contribution in [0.1, 0.15) is 34.7 Å². The highest BCUT2D eigenvalue weighted by atomic mass is 32.2. The van der Waals surface area contributed by atoms with E-state index in [2.05, 4.69) is 10.2 Å². The molecule has 0 fully saturated rings. The zero-order valence-corrected chi connectivity index (χ0v) is 17.4. The van der Waals surface area contributed by atoms with Gasteiger partial charge in [-0.25, -0.2) is 12.4 Å². The Balaban J connectivity index is 1.84. The minimum Gasteiger partial charge on any atom is -0.369 e. The Labute approximate surface area is 175 Å². The highest BCUT2D eigenvalue weighted by Crippen LogP contribution is 2.35. The van der Waals surface area contributed by atoms with E-state index in [1.54, 1.807) is 36.5 Å². The fourth-order valence-corrected chi connectivity index (χ4v) is 5.17. The second-order valence-electron chi connectivity index (χ2n) is 7.38. The summed E-state index contributed by atoms with van der Waals surface area (Å²) in [5.74, 6) is -0.0777. The molecule has 0 saturated carbocycles. The smallest absolute Gasteiger partial charge is 0.267 e. The van der Waals surface area contributed by atoms with Gasteiger partial charge in [-0.2, -0.15) is 5.10 Å². The maximum Gasteiger partial charge on any atom is 0.267 e. The molecule has 1 aromatic heterocycles. The molecule has 0 spiro atoms. The van der Waals surface area contributed by atoms with E-state index in [9.17, 15) is 8.42 Å². The predicted molar refractivity (Wildman–Crippen MR) is 118 cm³/mol. The number of fused-ring (bicyclic) bond motifs is 1. The van der Waals surface area contributed by atoms with Gasteiger partial charge in [0.1, 0.15) is 0 Å². The Hall–Kier alpha value is -3.39. The Morgan fingerprint density at radius 3 is 2.37 bits per heavy atom. The first-order chi connectivity index (χ1) is 14.4. The number of rotatable bonds is 4. The quantitative estimate of drug-likeness (QED) is 0.383. The van der Waals surface area contributed by atoms with Crippen molar-refractivity contribution in [3.8, 4) is 0 Å². The molecule has 1 unspecified atom stereocenters. The van der Waals surface area contributed by atoms with Crippen molar-refractivity contribution in [3.05, 3.63) is 89.2 Å². The fraction of sp³-hybridized carbons (Fsp3) is 0.182. The van der Waals surface area contributed by atoms with Crippen LogP contribution in [-0.2, 0) is 16.4 Å². The monoisotopic (exact) mass is 421 g/mol. The molecule has 4 rings (SSSR count). The fourth-order valence-electron chi connectivity index (χ4n) is 3.78. The lowest BCUT2D eigenvalue weighted by Crippen LogP contribution is -2.25. The first kappa shape index (κ1) is 19.9. The van der Waals surface area contributed by atoms with Crippen molar-refractivity contribution in [2.45, 2.75) is 30.6 Å². The van der Waals surface area contributed by atoms with Crippen LogP contribution in [0.5, 0.6) is 0 Å². The molecule has 1 aliphatic rings. The molecule has 0 saturated heterocycles. The molecule has 1 aliphatic carbocycles. The van der Waals surface area contributed by atoms with Crippen LogP contribution in [0.2, 0.25) is 0 Å². The number of benzene rings is 2. The molecule has 1 heterocycles. The summed E-state index contributed by atoms with van der Waals surface area (Å²) in [5, 5.41) is 8.04. The van der Waals surface area contributed by atoms with Gasteiger partial charge in [-0.05, 0) is 49.4 Å². The summed E-state index contributed by atoms with van der Waals surface area (Å²) in [6.45, 7) is 1.92. The van der Waals surface area contributed by atoms with E-state index in [-0.39, 0.29) is 16.8 Å². The van der Waals surface area contributed by atoms with Crippen molar-refractivity contribution >= 4 is 21.7 Å². The van der Waals surface area contributed by atoms with Crippen LogP contribution in [0.3, 0.4) is 0 Å². The van der Waals surface area contributed by atoms with Crippen molar-refractivity contribution in [1.29, 1.82) is 0 Å². The van der Waals surface area contributed by atoms with E-state index in [0.29, 0.717) is 24.2 Å². The van der Waals surface area contributed by atoms with Gasteiger partial charge >= 0.3 is 0 Å². The Kier molecular flexibility index (Phi) is 5.17. The molecule has 0 amide bonds. The third kappa shape index (κ3) is 3.73. The van der Waals surface area contributed by atoms with Crippen molar-refractivity contribution < 1.29 is 8.42 Å². The van der Waals surface area contributed by atoms with Gasteiger partial charge in [0.15, 0.2) is 0 Å². The van der Waals surface area contributed by atoms with Crippen molar-refractivity contribution in [3.63, 3.8) is 0 Å². The molecule has 4 N–H and O–H groups in total. The first-order valence-corrected chi connectivity index (χ1v) is 11.0. The summed E-state index contributed by atoms with van der Waals surface area (Å²) in [5.41, 5.74) is 15.1. The van der Waals surface area contributed by atoms with Crippen molar-refractivity contribution in [2.24, 2.45) is 21.7 Å². The van der Waals surface area contributed by atoms with Crippen LogP contribution in [0.25, 0.3) is 0 Å². The lowest BCUT2D eigenvalue weighted by molar-refractivity contribution is 0.581. The molecule has 1 atom stereocenters. The van der Waals surface area contributed by atoms with Gasteiger partial charge in [0.2, 0.25) is 5.96 Å². The molecule has 2 aromatic carbocycles. The molecule has 8 heteroatoms. The highest BCUT2D eigenvalue weighted by molar-refractivity contribution is 7.90. The van der Waals surface area contributed by atoms with Crippen LogP contribution in [0.15, 0.2) is 82.0 Å². The van der Waals surface area contributed by atoms with Gasteiger partial charge < -0.3 is 11.5 Å². The van der Waals surface area contributed by atoms with Crippen LogP contribution in [0, 0.1) is 6.92 Å². The van der Waals surface area contributed by atoms with Gasteiger partial charge in [0, 0.05) is 17.5 Å². The predicted octanol–water partition coefficient (Wildman–Crippen LogP) is 2.74. The molecule has 0 radical (unpaired) electrons. The topological polar surface area (TPSA) is 116 Å². The number of guanidine groups is 1. The normalized spacial score (nSPS) is 17.5. The van der Waals surface area contributed by atoms with Crippen molar-refractivity contribution in [1.82, 2.24) is 3.97 Å².